The largest absolute Gasteiger partial charge is 0.461 e. The molecular formula is C23H25NO4. The minimum Gasteiger partial charge on any atom is -0.461 e. The van der Waals surface area contributed by atoms with Crippen LogP contribution >= 0.6 is 0 Å². The van der Waals surface area contributed by atoms with Crippen molar-refractivity contribution in [3.8, 4) is 11.1 Å². The van der Waals surface area contributed by atoms with Gasteiger partial charge in [0.1, 0.15) is 13.2 Å². The highest BCUT2D eigenvalue weighted by molar-refractivity contribution is 5.79. The number of hydrogen-bond acceptors (Lipinski definition) is 4. The number of carbonyl (C=O) groups excluding carboxylic acids is 2. The number of hydrogen-bond donors (Lipinski definition) is 0. The number of benzene rings is 2. The van der Waals surface area contributed by atoms with E-state index >= 15 is 0 Å². The molecule has 146 valence electrons. The number of rotatable bonds is 7. The first-order valence-electron chi connectivity index (χ1n) is 9.37. The Labute approximate surface area is 165 Å². The van der Waals surface area contributed by atoms with Crippen molar-refractivity contribution in [3.63, 3.8) is 0 Å². The fourth-order valence-electron chi connectivity index (χ4n) is 3.46. The van der Waals surface area contributed by atoms with Crippen LogP contribution in [0.4, 0.5) is 4.79 Å². The van der Waals surface area contributed by atoms with Crippen LogP contribution < -0.4 is 0 Å². The molecule has 0 N–H and O–H groups in total. The second kappa shape index (κ2) is 8.74. The molecule has 0 aromatic heterocycles. The van der Waals surface area contributed by atoms with Crippen LogP contribution in [0.5, 0.6) is 0 Å². The SMILES string of the molecule is C=CCOC(=O)C[C@@H](C)N(C)C(=O)OCC1c2ccccc2-c2ccccc21. The van der Waals surface area contributed by atoms with Gasteiger partial charge in [-0.1, -0.05) is 61.2 Å². The second-order valence-corrected chi connectivity index (χ2v) is 6.94. The number of ether oxygens (including phenoxy) is 2. The number of amides is 1. The summed E-state index contributed by atoms with van der Waals surface area (Å²) in [4.78, 5) is 25.7. The summed E-state index contributed by atoms with van der Waals surface area (Å²) < 4.78 is 10.6. The van der Waals surface area contributed by atoms with E-state index in [9.17, 15) is 9.59 Å². The van der Waals surface area contributed by atoms with Gasteiger partial charge in [-0.3, -0.25) is 4.79 Å². The van der Waals surface area contributed by atoms with Gasteiger partial charge in [-0.2, -0.15) is 0 Å². The van der Waals surface area contributed by atoms with Crippen molar-refractivity contribution < 1.29 is 19.1 Å². The molecule has 5 heteroatoms. The molecule has 1 amide bonds. The molecule has 0 unspecified atom stereocenters. The normalized spacial score (nSPS) is 13.2. The van der Waals surface area contributed by atoms with Crippen molar-refractivity contribution >= 4 is 12.1 Å². The van der Waals surface area contributed by atoms with Crippen molar-refractivity contribution in [2.45, 2.75) is 25.3 Å². The lowest BCUT2D eigenvalue weighted by Crippen LogP contribution is -2.37. The zero-order valence-electron chi connectivity index (χ0n) is 16.3. The number of esters is 1. The highest BCUT2D eigenvalue weighted by atomic mass is 16.6. The van der Waals surface area contributed by atoms with E-state index in [0.29, 0.717) is 0 Å². The van der Waals surface area contributed by atoms with Gasteiger partial charge in [0.25, 0.3) is 0 Å². The van der Waals surface area contributed by atoms with E-state index in [1.165, 1.54) is 33.2 Å². The fraction of sp³-hybridized carbons (Fsp3) is 0.304. The van der Waals surface area contributed by atoms with Crippen molar-refractivity contribution in [2.75, 3.05) is 20.3 Å². The molecule has 0 saturated heterocycles. The molecule has 0 heterocycles. The van der Waals surface area contributed by atoms with E-state index < -0.39 is 6.09 Å². The average molecular weight is 379 g/mol. The maximum atomic E-state index is 12.5. The van der Waals surface area contributed by atoms with E-state index in [1.54, 1.807) is 14.0 Å². The van der Waals surface area contributed by atoms with E-state index in [1.807, 2.05) is 24.3 Å². The van der Waals surface area contributed by atoms with Gasteiger partial charge in [-0.25, -0.2) is 4.79 Å². The van der Waals surface area contributed by atoms with Gasteiger partial charge in [-0.05, 0) is 29.2 Å². The summed E-state index contributed by atoms with van der Waals surface area (Å²) in [6.45, 7) is 5.72. The van der Waals surface area contributed by atoms with Crippen LogP contribution in [0.3, 0.4) is 0 Å². The first kappa shape index (κ1) is 19.7. The molecule has 5 nitrogen and oxygen atoms in total. The van der Waals surface area contributed by atoms with Crippen LogP contribution in [0.2, 0.25) is 0 Å². The number of carbonyl (C=O) groups is 2. The Morgan fingerprint density at radius 3 is 2.21 bits per heavy atom. The van der Waals surface area contributed by atoms with Crippen LogP contribution in [0.25, 0.3) is 11.1 Å². The monoisotopic (exact) mass is 379 g/mol. The Balaban J connectivity index is 1.63. The maximum absolute atomic E-state index is 12.5. The minimum absolute atomic E-state index is 0.0117. The molecule has 0 saturated carbocycles. The van der Waals surface area contributed by atoms with E-state index in [0.717, 1.165) is 0 Å². The summed E-state index contributed by atoms with van der Waals surface area (Å²) in [5, 5.41) is 0. The summed E-state index contributed by atoms with van der Waals surface area (Å²) in [5.74, 6) is -0.358. The third-order valence-electron chi connectivity index (χ3n) is 5.11. The lowest BCUT2D eigenvalue weighted by Gasteiger charge is -2.24. The Morgan fingerprint density at radius 2 is 1.64 bits per heavy atom. The number of fused-ring (bicyclic) bond motifs is 3. The molecule has 1 atom stereocenters. The van der Waals surface area contributed by atoms with Crippen LogP contribution in [0.1, 0.15) is 30.4 Å². The van der Waals surface area contributed by atoms with Gasteiger partial charge in [0.15, 0.2) is 0 Å². The predicted octanol–water partition coefficient (Wildman–Crippen LogP) is 4.38. The molecule has 1 aliphatic carbocycles. The molecule has 28 heavy (non-hydrogen) atoms. The predicted molar refractivity (Wildman–Crippen MR) is 108 cm³/mol. The lowest BCUT2D eigenvalue weighted by molar-refractivity contribution is -0.143. The van der Waals surface area contributed by atoms with E-state index in [-0.39, 0.29) is 37.6 Å². The summed E-state index contributed by atoms with van der Waals surface area (Å²) in [6, 6.07) is 16.1. The van der Waals surface area contributed by atoms with Crippen molar-refractivity contribution in [1.29, 1.82) is 0 Å². The van der Waals surface area contributed by atoms with Gasteiger partial charge in [0, 0.05) is 19.0 Å². The standard InChI is InChI=1S/C23H25NO4/c1-4-13-27-22(25)14-16(2)24(3)23(26)28-15-21-19-11-7-5-9-17(19)18-10-6-8-12-20(18)21/h4-12,16,21H,1,13-15H2,2-3H3/t16-/m1/s1. The molecule has 0 spiro atoms. The van der Waals surface area contributed by atoms with Crippen LogP contribution in [-0.4, -0.2) is 43.3 Å². The molecule has 3 rings (SSSR count). The minimum atomic E-state index is -0.453. The highest BCUT2D eigenvalue weighted by Gasteiger charge is 2.30. The lowest BCUT2D eigenvalue weighted by atomic mass is 9.98. The van der Waals surface area contributed by atoms with Gasteiger partial charge >= 0.3 is 12.1 Å². The fourth-order valence-corrected chi connectivity index (χ4v) is 3.46. The second-order valence-electron chi connectivity index (χ2n) is 6.94. The molecule has 0 aliphatic heterocycles. The van der Waals surface area contributed by atoms with Crippen LogP contribution in [0.15, 0.2) is 61.2 Å². The molecule has 2 aromatic rings. The van der Waals surface area contributed by atoms with Gasteiger partial charge in [0.05, 0.1) is 6.42 Å². The van der Waals surface area contributed by atoms with Crippen molar-refractivity contribution in [1.82, 2.24) is 4.90 Å². The smallest absolute Gasteiger partial charge is 0.409 e. The topological polar surface area (TPSA) is 55.8 Å². The molecule has 0 fully saturated rings. The van der Waals surface area contributed by atoms with Crippen LogP contribution in [-0.2, 0) is 14.3 Å². The molecule has 1 aliphatic rings. The summed E-state index contributed by atoms with van der Waals surface area (Å²) in [5.41, 5.74) is 4.71. The number of nitrogens with zero attached hydrogens (tertiary/aromatic N) is 1. The van der Waals surface area contributed by atoms with Crippen LogP contribution in [0, 0.1) is 0 Å². The Bertz CT molecular complexity index is 831. The average Bonchev–Trinajstić information content (AvgIpc) is 3.03. The summed E-state index contributed by atoms with van der Waals surface area (Å²) >= 11 is 0. The van der Waals surface area contributed by atoms with Gasteiger partial charge in [0.2, 0.25) is 0 Å². The first-order chi connectivity index (χ1) is 13.5. The highest BCUT2D eigenvalue weighted by Crippen LogP contribution is 2.44. The Morgan fingerprint density at radius 1 is 1.07 bits per heavy atom. The first-order valence-corrected chi connectivity index (χ1v) is 9.37. The molecule has 2 aromatic carbocycles. The van der Waals surface area contributed by atoms with E-state index in [4.69, 9.17) is 9.47 Å². The van der Waals surface area contributed by atoms with E-state index in [2.05, 4.69) is 30.8 Å². The molecule has 0 bridgehead atoms. The zero-order chi connectivity index (χ0) is 20.1. The third kappa shape index (κ3) is 4.09. The quantitative estimate of drug-likeness (QED) is 0.529. The Hall–Kier alpha value is -3.08. The summed E-state index contributed by atoms with van der Waals surface area (Å²) in [6.07, 6.45) is 1.16. The van der Waals surface area contributed by atoms with Gasteiger partial charge in [-0.15, -0.1) is 0 Å². The summed E-state index contributed by atoms with van der Waals surface area (Å²) in [7, 11) is 1.63. The maximum Gasteiger partial charge on any atom is 0.409 e. The molecule has 0 radical (unpaired) electrons. The zero-order valence-corrected chi connectivity index (χ0v) is 16.3. The molecular weight excluding hydrogens is 354 g/mol. The Kier molecular flexibility index (Phi) is 6.14. The van der Waals surface area contributed by atoms with Crippen molar-refractivity contribution in [2.24, 2.45) is 0 Å². The van der Waals surface area contributed by atoms with Gasteiger partial charge < -0.3 is 14.4 Å². The third-order valence-corrected chi connectivity index (χ3v) is 5.11. The van der Waals surface area contributed by atoms with Crippen molar-refractivity contribution in [3.05, 3.63) is 72.3 Å².